The van der Waals surface area contributed by atoms with Crippen LogP contribution in [0.5, 0.6) is 5.75 Å². The Morgan fingerprint density at radius 3 is 2.80 bits per heavy atom. The minimum absolute atomic E-state index is 0.0302. The molecule has 2 aromatic carbocycles. The third-order valence-electron chi connectivity index (χ3n) is 12.0. The molecule has 1 aromatic heterocycles. The van der Waals surface area contributed by atoms with Crippen LogP contribution in [0.2, 0.25) is 0 Å². The van der Waals surface area contributed by atoms with E-state index in [1.807, 2.05) is 31.3 Å². The second-order valence-corrected chi connectivity index (χ2v) is 17.8. The number of benzene rings is 2. The molecule has 8 rings (SSSR count). The molecule has 6 atom stereocenters. The topological polar surface area (TPSA) is 102 Å². The quantitative estimate of drug-likeness (QED) is 0.300. The standard InChI is InChI=1S/C41H50N4O5S/c1-27-11-15-35-29(19-27)8-5-17-41(35)25-45-22-31-12-14-34(31)37(49-3)10-4-7-28(2)24-51(48,43-40(47)32-20-33-9-6-18-44(33)23-32)42-39(46)30-13-16-38(50-26-41)36(45)21-30/h4,10-11,13,15-16,19-21,23,28,31,34,37H,5-9,12,14,17-18,22,24-26H2,1-3H3,(H,42,43,46,47,48)/b10-4+/t28-,31-,34+,37-,41-,51-/m0/s1. The van der Waals surface area contributed by atoms with Crippen molar-refractivity contribution >= 4 is 27.4 Å². The van der Waals surface area contributed by atoms with Gasteiger partial charge in [0.1, 0.15) is 15.7 Å². The van der Waals surface area contributed by atoms with Crippen LogP contribution in [-0.2, 0) is 39.5 Å². The van der Waals surface area contributed by atoms with Gasteiger partial charge in [-0.1, -0.05) is 42.8 Å². The highest BCUT2D eigenvalue weighted by Crippen LogP contribution is 2.47. The second kappa shape index (κ2) is 13.6. The molecule has 9 nitrogen and oxygen atoms in total. The maximum atomic E-state index is 14.6. The first-order valence-electron chi connectivity index (χ1n) is 18.7. The zero-order valence-corrected chi connectivity index (χ0v) is 30.9. The van der Waals surface area contributed by atoms with Crippen LogP contribution in [-0.4, -0.2) is 59.3 Å². The fourth-order valence-electron chi connectivity index (χ4n) is 9.26. The van der Waals surface area contributed by atoms with E-state index in [1.54, 1.807) is 13.2 Å². The van der Waals surface area contributed by atoms with Gasteiger partial charge in [-0.15, -0.1) is 4.36 Å². The molecule has 1 fully saturated rings. The van der Waals surface area contributed by atoms with Crippen LogP contribution < -0.4 is 14.4 Å². The van der Waals surface area contributed by atoms with E-state index in [-0.39, 0.29) is 23.2 Å². The average molecular weight is 711 g/mol. The minimum atomic E-state index is -3.48. The van der Waals surface area contributed by atoms with Crippen molar-refractivity contribution in [3.63, 3.8) is 0 Å². The summed E-state index contributed by atoms with van der Waals surface area (Å²) in [5.74, 6) is 0.396. The molecule has 51 heavy (non-hydrogen) atoms. The fourth-order valence-corrected chi connectivity index (χ4v) is 11.2. The van der Waals surface area contributed by atoms with Crippen LogP contribution in [0, 0.1) is 24.7 Å². The van der Waals surface area contributed by atoms with Crippen molar-refractivity contribution in [1.29, 1.82) is 0 Å². The monoisotopic (exact) mass is 710 g/mol. The van der Waals surface area contributed by atoms with Gasteiger partial charge in [-0.3, -0.25) is 14.3 Å². The Labute approximate surface area is 302 Å². The summed E-state index contributed by atoms with van der Waals surface area (Å²) in [7, 11) is -1.69. The van der Waals surface area contributed by atoms with Gasteiger partial charge in [0.15, 0.2) is 0 Å². The predicted octanol–water partition coefficient (Wildman–Crippen LogP) is 6.81. The number of hydrogen-bond donors (Lipinski definition) is 1. The van der Waals surface area contributed by atoms with E-state index >= 15 is 0 Å². The molecule has 0 saturated heterocycles. The first-order chi connectivity index (χ1) is 24.6. The van der Waals surface area contributed by atoms with Gasteiger partial charge in [0.05, 0.1) is 29.7 Å². The lowest BCUT2D eigenvalue weighted by Crippen LogP contribution is -2.49. The first-order valence-corrected chi connectivity index (χ1v) is 20.4. The van der Waals surface area contributed by atoms with Gasteiger partial charge in [-0.05, 0) is 111 Å². The highest BCUT2D eigenvalue weighted by atomic mass is 32.2. The van der Waals surface area contributed by atoms with Crippen LogP contribution in [0.4, 0.5) is 5.69 Å². The van der Waals surface area contributed by atoms with Gasteiger partial charge in [0.2, 0.25) is 0 Å². The molecule has 1 spiro atoms. The summed E-state index contributed by atoms with van der Waals surface area (Å²) in [4.78, 5) is 30.0. The fraction of sp³-hybridized carbons (Fsp3) is 0.512. The highest BCUT2D eigenvalue weighted by molar-refractivity contribution is 7.92. The first kappa shape index (κ1) is 34.2. The lowest BCUT2D eigenvalue weighted by atomic mass is 9.68. The Bertz CT molecular complexity index is 1990. The third-order valence-corrected chi connectivity index (χ3v) is 14.0. The van der Waals surface area contributed by atoms with Crippen molar-refractivity contribution in [2.45, 2.75) is 83.3 Å². The van der Waals surface area contributed by atoms with E-state index in [0.29, 0.717) is 36.0 Å². The Kier molecular flexibility index (Phi) is 9.11. The summed E-state index contributed by atoms with van der Waals surface area (Å²) in [6.45, 7) is 7.15. The Hall–Kier alpha value is -3.89. The van der Waals surface area contributed by atoms with Crippen LogP contribution in [0.3, 0.4) is 0 Å². The Morgan fingerprint density at radius 1 is 1.12 bits per heavy atom. The number of carbonyl (C=O) groups is 2. The van der Waals surface area contributed by atoms with Gasteiger partial charge in [0.25, 0.3) is 11.8 Å². The molecule has 4 heterocycles. The number of nitrogens with one attached hydrogen (secondary N) is 1. The molecule has 1 saturated carbocycles. The number of ether oxygens (including phenoxy) is 2. The molecule has 1 N–H and O–H groups in total. The van der Waals surface area contributed by atoms with Crippen LogP contribution in [0.25, 0.3) is 0 Å². The third kappa shape index (κ3) is 6.65. The number of allylic oxidation sites excluding steroid dienone is 1. The van der Waals surface area contributed by atoms with Gasteiger partial charge < -0.3 is 18.9 Å². The van der Waals surface area contributed by atoms with Crippen molar-refractivity contribution in [3.05, 3.63) is 94.3 Å². The predicted molar refractivity (Wildman–Crippen MR) is 200 cm³/mol. The molecular formula is C41H50N4O5S. The van der Waals surface area contributed by atoms with Gasteiger partial charge in [-0.2, -0.15) is 0 Å². The van der Waals surface area contributed by atoms with E-state index in [9.17, 15) is 13.8 Å². The zero-order valence-electron chi connectivity index (χ0n) is 30.1. The van der Waals surface area contributed by atoms with Crippen molar-refractivity contribution < 1.29 is 23.3 Å². The van der Waals surface area contributed by atoms with E-state index in [1.165, 1.54) is 16.7 Å². The molecule has 0 radical (unpaired) electrons. The number of methoxy groups -OCH3 is 1. The van der Waals surface area contributed by atoms with Crippen molar-refractivity contribution in [1.82, 2.24) is 9.29 Å². The molecule has 2 aliphatic carbocycles. The molecular weight excluding hydrogens is 661 g/mol. The van der Waals surface area contributed by atoms with Gasteiger partial charge in [0, 0.05) is 49.6 Å². The summed E-state index contributed by atoms with van der Waals surface area (Å²) < 4.78 is 36.5. The largest absolute Gasteiger partial charge is 0.490 e. The number of nitrogens with zero attached hydrogens (tertiary/aromatic N) is 3. The SMILES string of the molecule is CO[C@H]1/C=C/C[C@H](C)C[S@@](=O)(NC(=O)c2cc3n(c2)CCC3)=NC(=O)c2ccc3c(c2)N(C[C@@H]2CC[C@H]21)C[C@@]1(CCCc2cc(C)ccc21)CO3. The Morgan fingerprint density at radius 2 is 2.00 bits per heavy atom. The number of fused-ring (bicyclic) bond motifs is 5. The molecule has 0 unspecified atom stereocenters. The van der Waals surface area contributed by atoms with Crippen LogP contribution >= 0.6 is 0 Å². The van der Waals surface area contributed by atoms with E-state index < -0.39 is 21.7 Å². The molecule has 3 aromatic rings. The Balaban J connectivity index is 1.19. The smallest absolute Gasteiger partial charge is 0.286 e. The number of anilines is 1. The van der Waals surface area contributed by atoms with Gasteiger partial charge in [-0.25, -0.2) is 4.21 Å². The molecule has 2 amide bonds. The van der Waals surface area contributed by atoms with Crippen molar-refractivity contribution in [3.8, 4) is 5.75 Å². The number of aryl methyl sites for hydroxylation is 4. The van der Waals surface area contributed by atoms with Crippen molar-refractivity contribution in [2.24, 2.45) is 22.1 Å². The average Bonchev–Trinajstić information content (AvgIpc) is 3.67. The van der Waals surface area contributed by atoms with Gasteiger partial charge >= 0.3 is 0 Å². The number of hydrogen-bond acceptors (Lipinski definition) is 6. The lowest BCUT2D eigenvalue weighted by molar-refractivity contribution is 0.0131. The number of carbonyl (C=O) groups excluding carboxylic acids is 2. The molecule has 2 bridgehead atoms. The maximum Gasteiger partial charge on any atom is 0.286 e. The van der Waals surface area contributed by atoms with Crippen LogP contribution in [0.1, 0.15) is 88.5 Å². The summed E-state index contributed by atoms with van der Waals surface area (Å²) in [6, 6.07) is 14.2. The molecule has 3 aliphatic heterocycles. The number of rotatable bonds is 3. The summed E-state index contributed by atoms with van der Waals surface area (Å²) in [6.07, 6.45) is 14.0. The normalized spacial score (nSPS) is 30.9. The van der Waals surface area contributed by atoms with E-state index in [0.717, 1.165) is 81.7 Å². The van der Waals surface area contributed by atoms with E-state index in [4.69, 9.17) is 9.47 Å². The molecule has 270 valence electrons. The summed E-state index contributed by atoms with van der Waals surface area (Å²) in [5.41, 5.74) is 6.59. The van der Waals surface area contributed by atoms with E-state index in [2.05, 4.69) is 55.8 Å². The van der Waals surface area contributed by atoms with Crippen molar-refractivity contribution in [2.75, 3.05) is 37.5 Å². The molecule has 5 aliphatic rings. The minimum Gasteiger partial charge on any atom is -0.490 e. The zero-order chi connectivity index (χ0) is 35.3. The number of amides is 2. The highest BCUT2D eigenvalue weighted by Gasteiger charge is 2.44. The van der Waals surface area contributed by atoms with Crippen LogP contribution in [0.15, 0.2) is 65.2 Å². The number of aromatic nitrogens is 1. The maximum absolute atomic E-state index is 14.6. The summed E-state index contributed by atoms with van der Waals surface area (Å²) in [5, 5.41) is 0. The second-order valence-electron chi connectivity index (χ2n) is 15.8. The lowest BCUT2D eigenvalue weighted by Gasteiger charge is -2.46. The molecule has 10 heteroatoms. The summed E-state index contributed by atoms with van der Waals surface area (Å²) >= 11 is 0.